The van der Waals surface area contributed by atoms with Gasteiger partial charge in [0.15, 0.2) is 0 Å². The van der Waals surface area contributed by atoms with Gasteiger partial charge in [0.25, 0.3) is 0 Å². The summed E-state index contributed by atoms with van der Waals surface area (Å²) in [5.74, 6) is 1.25. The van der Waals surface area contributed by atoms with Crippen molar-refractivity contribution in [1.82, 2.24) is 30.4 Å². The minimum Gasteiger partial charge on any atom is -0.363 e. The number of amides is 1. The Kier molecular flexibility index (Phi) is 7.33. The number of carbonyl (C=O) groups excluding carboxylic acids is 1. The van der Waals surface area contributed by atoms with E-state index in [0.29, 0.717) is 12.8 Å². The second-order valence-corrected chi connectivity index (χ2v) is 8.26. The molecule has 2 aliphatic heterocycles. The smallest absolute Gasteiger partial charge is 0.219 e. The van der Waals surface area contributed by atoms with E-state index in [2.05, 4.69) is 31.6 Å². The van der Waals surface area contributed by atoms with Crippen molar-refractivity contribution in [3.63, 3.8) is 0 Å². The number of carbonyl (C=O) groups is 1. The Bertz CT molecular complexity index is 778. The molecule has 4 rings (SSSR count). The van der Waals surface area contributed by atoms with Crippen LogP contribution in [-0.4, -0.2) is 83.9 Å². The average Bonchev–Trinajstić information content (AvgIpc) is 3.43. The number of aryl methyl sites for hydroxylation is 1. The first-order valence-electron chi connectivity index (χ1n) is 11.2. The van der Waals surface area contributed by atoms with Crippen molar-refractivity contribution in [1.29, 1.82) is 0 Å². The number of fused-ring (bicyclic) bond motifs is 1. The number of aromatic nitrogens is 2. The maximum atomic E-state index is 11.6. The van der Waals surface area contributed by atoms with E-state index in [9.17, 15) is 4.79 Å². The molecule has 3 N–H and O–H groups in total. The number of nitrogens with one attached hydrogen (secondary N) is 3. The summed E-state index contributed by atoms with van der Waals surface area (Å²) in [6.07, 6.45) is 4.35. The van der Waals surface area contributed by atoms with Gasteiger partial charge in [-0.25, -0.2) is 4.98 Å². The topological polar surface area (TPSA) is 85.5 Å². The third kappa shape index (κ3) is 5.37. The molecule has 1 aromatic heterocycles. The van der Waals surface area contributed by atoms with Gasteiger partial charge in [0.2, 0.25) is 5.91 Å². The fourth-order valence-corrected chi connectivity index (χ4v) is 4.54. The van der Waals surface area contributed by atoms with Gasteiger partial charge in [-0.15, -0.1) is 0 Å². The lowest BCUT2D eigenvalue weighted by Crippen LogP contribution is -2.55. The van der Waals surface area contributed by atoms with Crippen LogP contribution in [0.2, 0.25) is 0 Å². The van der Waals surface area contributed by atoms with Gasteiger partial charge in [-0.1, -0.05) is 12.1 Å². The molecule has 1 atom stereocenters. The number of para-hydroxylation sites is 2. The lowest BCUT2D eigenvalue weighted by molar-refractivity contribution is -0.130. The van der Waals surface area contributed by atoms with Crippen molar-refractivity contribution < 1.29 is 9.53 Å². The fourth-order valence-electron chi connectivity index (χ4n) is 4.54. The number of rotatable bonds is 9. The molecule has 2 aromatic rings. The van der Waals surface area contributed by atoms with Gasteiger partial charge in [-0.05, 0) is 37.9 Å². The van der Waals surface area contributed by atoms with Gasteiger partial charge in [0, 0.05) is 45.6 Å². The quantitative estimate of drug-likeness (QED) is 0.537. The number of H-pyrrole nitrogens is 1. The van der Waals surface area contributed by atoms with Crippen molar-refractivity contribution in [2.75, 3.05) is 46.1 Å². The molecule has 0 radical (unpaired) electrons. The Labute approximate surface area is 178 Å². The first-order chi connectivity index (χ1) is 14.7. The predicted octanol–water partition coefficient (Wildman–Crippen LogP) is 1.30. The summed E-state index contributed by atoms with van der Waals surface area (Å²) in [6, 6.07) is 8.67. The summed E-state index contributed by atoms with van der Waals surface area (Å²) in [6.45, 7) is 7.64. The molecule has 8 heteroatoms. The van der Waals surface area contributed by atoms with Crippen molar-refractivity contribution >= 4 is 16.9 Å². The predicted molar refractivity (Wildman–Crippen MR) is 117 cm³/mol. The molecule has 0 aliphatic carbocycles. The van der Waals surface area contributed by atoms with E-state index in [1.807, 2.05) is 23.1 Å². The summed E-state index contributed by atoms with van der Waals surface area (Å²) < 4.78 is 5.56. The molecule has 1 unspecified atom stereocenters. The molecular formula is C22H34N6O2. The van der Waals surface area contributed by atoms with Crippen LogP contribution in [-0.2, 0) is 16.0 Å². The van der Waals surface area contributed by atoms with Crippen LogP contribution < -0.4 is 10.6 Å². The molecule has 3 heterocycles. The summed E-state index contributed by atoms with van der Waals surface area (Å²) in [5, 5.41) is 7.05. The Hall–Kier alpha value is -2.00. The van der Waals surface area contributed by atoms with Crippen LogP contribution in [0.3, 0.4) is 0 Å². The highest BCUT2D eigenvalue weighted by molar-refractivity contribution is 5.74. The highest BCUT2D eigenvalue weighted by Gasteiger charge is 2.31. The normalized spacial score (nSPS) is 20.5. The number of piperidine rings is 1. The lowest BCUT2D eigenvalue weighted by atomic mass is 10.0. The highest BCUT2D eigenvalue weighted by atomic mass is 16.5. The average molecular weight is 415 g/mol. The number of hydrogen-bond acceptors (Lipinski definition) is 6. The summed E-state index contributed by atoms with van der Waals surface area (Å²) >= 11 is 0. The molecule has 2 fully saturated rings. The molecule has 1 aromatic carbocycles. The molecule has 30 heavy (non-hydrogen) atoms. The van der Waals surface area contributed by atoms with Crippen LogP contribution in [0, 0.1) is 0 Å². The number of hydrogen-bond donors (Lipinski definition) is 3. The number of likely N-dealkylation sites (tertiary alicyclic amines) is 1. The maximum absolute atomic E-state index is 11.6. The third-order valence-corrected chi connectivity index (χ3v) is 6.23. The number of ether oxygens (including phenoxy) is 1. The SMILES string of the molecule is CC(=O)N1CCC(N(CCNCCCc2nc3ccccc3[nH]2)C2COCN2)CC1. The van der Waals surface area contributed by atoms with Crippen LogP contribution in [0.15, 0.2) is 24.3 Å². The van der Waals surface area contributed by atoms with E-state index < -0.39 is 0 Å². The molecule has 164 valence electrons. The minimum absolute atomic E-state index is 0.188. The van der Waals surface area contributed by atoms with Gasteiger partial charge < -0.3 is 19.9 Å². The lowest BCUT2D eigenvalue weighted by Gasteiger charge is -2.40. The number of aromatic amines is 1. The summed E-state index contributed by atoms with van der Waals surface area (Å²) in [4.78, 5) is 24.2. The first kappa shape index (κ1) is 21.2. The van der Waals surface area contributed by atoms with Crippen LogP contribution in [0.5, 0.6) is 0 Å². The molecular weight excluding hydrogens is 380 g/mol. The molecule has 8 nitrogen and oxygen atoms in total. The number of benzene rings is 1. The molecule has 0 spiro atoms. The fraction of sp³-hybridized carbons (Fsp3) is 0.636. The van der Waals surface area contributed by atoms with Crippen LogP contribution in [0.4, 0.5) is 0 Å². The van der Waals surface area contributed by atoms with Crippen molar-refractivity contribution in [2.45, 2.75) is 44.8 Å². The minimum atomic E-state index is 0.188. The maximum Gasteiger partial charge on any atom is 0.219 e. The molecule has 0 bridgehead atoms. The monoisotopic (exact) mass is 414 g/mol. The Morgan fingerprint density at radius 1 is 1.30 bits per heavy atom. The van der Waals surface area contributed by atoms with Crippen molar-refractivity contribution in [3.8, 4) is 0 Å². The first-order valence-corrected chi connectivity index (χ1v) is 11.2. The molecule has 1 amide bonds. The van der Waals surface area contributed by atoms with E-state index in [4.69, 9.17) is 4.74 Å². The zero-order valence-corrected chi connectivity index (χ0v) is 17.9. The largest absolute Gasteiger partial charge is 0.363 e. The second-order valence-electron chi connectivity index (χ2n) is 8.26. The summed E-state index contributed by atoms with van der Waals surface area (Å²) in [7, 11) is 0. The van der Waals surface area contributed by atoms with E-state index in [1.54, 1.807) is 6.92 Å². The zero-order chi connectivity index (χ0) is 20.8. The van der Waals surface area contributed by atoms with E-state index in [-0.39, 0.29) is 12.1 Å². The molecule has 2 aliphatic rings. The Morgan fingerprint density at radius 2 is 2.13 bits per heavy atom. The number of nitrogens with zero attached hydrogens (tertiary/aromatic N) is 3. The van der Waals surface area contributed by atoms with Gasteiger partial charge in [0.05, 0.1) is 30.5 Å². The molecule has 0 saturated carbocycles. The Morgan fingerprint density at radius 3 is 2.87 bits per heavy atom. The van der Waals surface area contributed by atoms with E-state index in [0.717, 1.165) is 81.9 Å². The molecule has 2 saturated heterocycles. The van der Waals surface area contributed by atoms with E-state index >= 15 is 0 Å². The Balaban J connectivity index is 1.19. The standard InChI is InChI=1S/C22H34N6O2/c1-17(29)27-12-8-18(9-13-27)28(22-15-30-16-24-22)14-11-23-10-4-7-21-25-19-5-2-3-6-20(19)26-21/h2-3,5-6,18,22-24H,4,7-16H2,1H3,(H,25,26). The van der Waals surface area contributed by atoms with Gasteiger partial charge in [-0.3, -0.25) is 15.0 Å². The van der Waals surface area contributed by atoms with Gasteiger partial charge in [0.1, 0.15) is 5.82 Å². The number of imidazole rings is 1. The van der Waals surface area contributed by atoms with Crippen molar-refractivity contribution in [3.05, 3.63) is 30.1 Å². The van der Waals surface area contributed by atoms with Crippen molar-refractivity contribution in [2.24, 2.45) is 0 Å². The van der Waals surface area contributed by atoms with E-state index in [1.165, 1.54) is 0 Å². The third-order valence-electron chi connectivity index (χ3n) is 6.23. The van der Waals surface area contributed by atoms with Crippen LogP contribution in [0.25, 0.3) is 11.0 Å². The van der Waals surface area contributed by atoms with Crippen LogP contribution >= 0.6 is 0 Å². The van der Waals surface area contributed by atoms with Crippen LogP contribution in [0.1, 0.15) is 32.0 Å². The highest BCUT2D eigenvalue weighted by Crippen LogP contribution is 2.19. The van der Waals surface area contributed by atoms with Gasteiger partial charge >= 0.3 is 0 Å². The zero-order valence-electron chi connectivity index (χ0n) is 17.9. The van der Waals surface area contributed by atoms with Gasteiger partial charge in [-0.2, -0.15) is 0 Å². The summed E-state index contributed by atoms with van der Waals surface area (Å²) in [5.41, 5.74) is 2.15. The second kappa shape index (κ2) is 10.3.